The van der Waals surface area contributed by atoms with Gasteiger partial charge in [0, 0.05) is 26.6 Å². The van der Waals surface area contributed by atoms with E-state index in [-0.39, 0.29) is 23.7 Å². The average molecular weight is 299 g/mol. The summed E-state index contributed by atoms with van der Waals surface area (Å²) in [5, 5.41) is 9.01. The Morgan fingerprint density at radius 2 is 2.45 bits per heavy atom. The first-order valence-corrected chi connectivity index (χ1v) is 6.98. The van der Waals surface area contributed by atoms with Crippen molar-refractivity contribution >= 4 is 34.1 Å². The van der Waals surface area contributed by atoms with E-state index in [1.54, 1.807) is 7.11 Å². The minimum absolute atomic E-state index is 0.0607. The molecule has 0 spiro atoms. The highest BCUT2D eigenvalue weighted by Gasteiger charge is 2.25. The number of hydrogen-bond donors (Lipinski definition) is 4. The summed E-state index contributed by atoms with van der Waals surface area (Å²) >= 11 is 1.18. The summed E-state index contributed by atoms with van der Waals surface area (Å²) in [5.74, 6) is -0.180. The van der Waals surface area contributed by atoms with Crippen LogP contribution in [0, 0.1) is 0 Å². The topological polar surface area (TPSA) is 118 Å². The Morgan fingerprint density at radius 1 is 1.65 bits per heavy atom. The highest BCUT2D eigenvalue weighted by Crippen LogP contribution is 2.24. The maximum absolute atomic E-state index is 12.1. The lowest BCUT2D eigenvalue weighted by Crippen LogP contribution is -2.36. The molecule has 2 heterocycles. The van der Waals surface area contributed by atoms with Crippen molar-refractivity contribution in [2.45, 2.75) is 12.5 Å². The highest BCUT2D eigenvalue weighted by molar-refractivity contribution is 7.18. The molecular weight excluding hydrogens is 282 g/mol. The average Bonchev–Trinajstić information content (AvgIpc) is 2.96. The first-order chi connectivity index (χ1) is 9.60. The molecule has 0 aromatic carbocycles. The lowest BCUT2D eigenvalue weighted by Gasteiger charge is -2.08. The lowest BCUT2D eigenvalue weighted by atomic mass is 10.2. The maximum atomic E-state index is 12.1. The number of nitrogens with two attached hydrogens (primary N) is 1. The van der Waals surface area contributed by atoms with E-state index >= 15 is 0 Å². The molecule has 0 aliphatic carbocycles. The number of rotatable bonds is 6. The van der Waals surface area contributed by atoms with E-state index < -0.39 is 0 Å². The first-order valence-electron chi connectivity index (χ1n) is 6.17. The molecule has 5 N–H and O–H groups in total. The Kier molecular flexibility index (Phi) is 4.74. The SMILES string of the molecule is COCCNc1nc(N)c(C(=O)NC2CNC(=O)C2)s1. The molecule has 1 aromatic rings. The number of hydrogen-bond acceptors (Lipinski definition) is 7. The first kappa shape index (κ1) is 14.5. The molecule has 1 aliphatic rings. The fourth-order valence-electron chi connectivity index (χ4n) is 1.79. The molecule has 0 saturated carbocycles. The van der Waals surface area contributed by atoms with Crippen LogP contribution in [0.25, 0.3) is 0 Å². The summed E-state index contributed by atoms with van der Waals surface area (Å²) in [5.41, 5.74) is 5.73. The second-order valence-electron chi connectivity index (χ2n) is 4.33. The number of carbonyl (C=O) groups is 2. The van der Waals surface area contributed by atoms with Crippen molar-refractivity contribution in [1.29, 1.82) is 0 Å². The molecule has 1 aromatic heterocycles. The molecule has 8 nitrogen and oxygen atoms in total. The van der Waals surface area contributed by atoms with E-state index in [2.05, 4.69) is 20.9 Å². The smallest absolute Gasteiger partial charge is 0.265 e. The summed E-state index contributed by atoms with van der Waals surface area (Å²) in [6, 6.07) is -0.193. The van der Waals surface area contributed by atoms with E-state index in [9.17, 15) is 9.59 Å². The van der Waals surface area contributed by atoms with Crippen molar-refractivity contribution in [2.75, 3.05) is 37.9 Å². The third-order valence-corrected chi connectivity index (χ3v) is 3.78. The van der Waals surface area contributed by atoms with Crippen LogP contribution in [0.15, 0.2) is 0 Å². The van der Waals surface area contributed by atoms with Gasteiger partial charge in [0.05, 0.1) is 12.6 Å². The van der Waals surface area contributed by atoms with Gasteiger partial charge in [0.1, 0.15) is 10.7 Å². The molecule has 20 heavy (non-hydrogen) atoms. The molecule has 1 unspecified atom stereocenters. The number of amides is 2. The molecule has 1 aliphatic heterocycles. The minimum atomic E-state index is -0.304. The molecule has 2 rings (SSSR count). The standard InChI is InChI=1S/C11H17N5O3S/c1-19-3-2-13-11-16-9(12)8(20-11)10(18)15-6-4-7(17)14-5-6/h6H,2-5,12H2,1H3,(H,13,16)(H,14,17)(H,15,18). The number of aromatic nitrogens is 1. The summed E-state index contributed by atoms with van der Waals surface area (Å²) in [6.45, 7) is 1.57. The highest BCUT2D eigenvalue weighted by atomic mass is 32.1. The number of carbonyl (C=O) groups excluding carboxylic acids is 2. The Morgan fingerprint density at radius 3 is 3.10 bits per heavy atom. The summed E-state index contributed by atoms with van der Waals surface area (Å²) in [4.78, 5) is 27.6. The van der Waals surface area contributed by atoms with Gasteiger partial charge in [-0.3, -0.25) is 9.59 Å². The van der Waals surface area contributed by atoms with E-state index in [0.717, 1.165) is 0 Å². The maximum Gasteiger partial charge on any atom is 0.265 e. The van der Waals surface area contributed by atoms with Crippen molar-refractivity contribution in [2.24, 2.45) is 0 Å². The number of nitrogens with zero attached hydrogens (tertiary/aromatic N) is 1. The van der Waals surface area contributed by atoms with Crippen LogP contribution in [0.4, 0.5) is 10.9 Å². The Bertz CT molecular complexity index is 504. The van der Waals surface area contributed by atoms with E-state index in [0.29, 0.717) is 36.1 Å². The number of ether oxygens (including phenoxy) is 1. The van der Waals surface area contributed by atoms with Gasteiger partial charge < -0.3 is 26.4 Å². The summed E-state index contributed by atoms with van der Waals surface area (Å²) in [6.07, 6.45) is 0.295. The molecule has 0 radical (unpaired) electrons. The minimum Gasteiger partial charge on any atom is -0.383 e. The van der Waals surface area contributed by atoms with Crippen LogP contribution in [0.2, 0.25) is 0 Å². The van der Waals surface area contributed by atoms with Gasteiger partial charge in [-0.05, 0) is 0 Å². The van der Waals surface area contributed by atoms with Crippen molar-refractivity contribution in [3.63, 3.8) is 0 Å². The van der Waals surface area contributed by atoms with Crippen LogP contribution in [-0.2, 0) is 9.53 Å². The fourth-order valence-corrected chi connectivity index (χ4v) is 2.60. The molecule has 1 saturated heterocycles. The van der Waals surface area contributed by atoms with Gasteiger partial charge in [0.25, 0.3) is 5.91 Å². The van der Waals surface area contributed by atoms with Gasteiger partial charge in [0.15, 0.2) is 5.13 Å². The van der Waals surface area contributed by atoms with Crippen molar-refractivity contribution in [1.82, 2.24) is 15.6 Å². The van der Waals surface area contributed by atoms with Gasteiger partial charge in [0.2, 0.25) is 5.91 Å². The molecule has 1 fully saturated rings. The monoisotopic (exact) mass is 299 g/mol. The zero-order valence-corrected chi connectivity index (χ0v) is 11.9. The van der Waals surface area contributed by atoms with Crippen LogP contribution < -0.4 is 21.7 Å². The normalized spacial score (nSPS) is 17.9. The van der Waals surface area contributed by atoms with E-state index in [1.165, 1.54) is 11.3 Å². The summed E-state index contributed by atoms with van der Waals surface area (Å²) in [7, 11) is 1.60. The van der Waals surface area contributed by atoms with Crippen LogP contribution >= 0.6 is 11.3 Å². The molecule has 0 bridgehead atoms. The Balaban J connectivity index is 1.93. The second kappa shape index (κ2) is 6.53. The third kappa shape index (κ3) is 3.58. The van der Waals surface area contributed by atoms with Crippen LogP contribution in [0.5, 0.6) is 0 Å². The van der Waals surface area contributed by atoms with Gasteiger partial charge in [-0.15, -0.1) is 0 Å². The second-order valence-corrected chi connectivity index (χ2v) is 5.33. The number of thiazole rings is 1. The van der Waals surface area contributed by atoms with Gasteiger partial charge in [-0.2, -0.15) is 0 Å². The number of nitrogens with one attached hydrogen (secondary N) is 3. The predicted octanol–water partition coefficient (Wildman–Crippen LogP) is -0.598. The lowest BCUT2D eigenvalue weighted by molar-refractivity contribution is -0.119. The molecular formula is C11H17N5O3S. The number of nitrogen functional groups attached to an aromatic ring is 1. The van der Waals surface area contributed by atoms with Crippen molar-refractivity contribution in [3.05, 3.63) is 4.88 Å². The quantitative estimate of drug-likeness (QED) is 0.521. The van der Waals surface area contributed by atoms with E-state index in [4.69, 9.17) is 10.5 Å². The molecule has 110 valence electrons. The van der Waals surface area contributed by atoms with Crippen molar-refractivity contribution < 1.29 is 14.3 Å². The number of anilines is 2. The zero-order valence-electron chi connectivity index (χ0n) is 11.1. The summed E-state index contributed by atoms with van der Waals surface area (Å²) < 4.78 is 4.91. The van der Waals surface area contributed by atoms with Crippen molar-refractivity contribution in [3.8, 4) is 0 Å². The number of methoxy groups -OCH3 is 1. The van der Waals surface area contributed by atoms with Gasteiger partial charge in [-0.1, -0.05) is 11.3 Å². The third-order valence-electron chi connectivity index (χ3n) is 2.75. The molecule has 9 heteroatoms. The Labute approximate surface area is 120 Å². The van der Waals surface area contributed by atoms with Gasteiger partial charge >= 0.3 is 0 Å². The van der Waals surface area contributed by atoms with Crippen LogP contribution in [0.1, 0.15) is 16.1 Å². The largest absolute Gasteiger partial charge is 0.383 e. The van der Waals surface area contributed by atoms with Crippen LogP contribution in [-0.4, -0.2) is 49.6 Å². The fraction of sp³-hybridized carbons (Fsp3) is 0.545. The predicted molar refractivity (Wildman–Crippen MR) is 75.8 cm³/mol. The molecule has 1 atom stereocenters. The molecule has 2 amide bonds. The Hall–Kier alpha value is -1.87. The zero-order chi connectivity index (χ0) is 14.5. The van der Waals surface area contributed by atoms with Gasteiger partial charge in [-0.25, -0.2) is 4.98 Å². The van der Waals surface area contributed by atoms with Crippen LogP contribution in [0.3, 0.4) is 0 Å². The van der Waals surface area contributed by atoms with E-state index in [1.807, 2.05) is 0 Å².